The number of amides is 2. The number of anilines is 1. The lowest BCUT2D eigenvalue weighted by molar-refractivity contribution is -0.118. The predicted molar refractivity (Wildman–Crippen MR) is 126 cm³/mol. The second-order valence-electron chi connectivity index (χ2n) is 8.40. The van der Waals surface area contributed by atoms with E-state index in [1.165, 1.54) is 11.3 Å². The number of hydrogen-bond acceptors (Lipinski definition) is 6. The molecule has 2 heterocycles. The van der Waals surface area contributed by atoms with Gasteiger partial charge in [-0.3, -0.25) is 9.59 Å². The highest BCUT2D eigenvalue weighted by molar-refractivity contribution is 7.91. The van der Waals surface area contributed by atoms with Crippen molar-refractivity contribution in [3.8, 4) is 5.75 Å². The Bertz CT molecular complexity index is 1150. The molecule has 1 aliphatic carbocycles. The van der Waals surface area contributed by atoms with Gasteiger partial charge in [0.25, 0.3) is 11.8 Å². The molecule has 0 radical (unpaired) electrons. The van der Waals surface area contributed by atoms with Gasteiger partial charge in [-0.15, -0.1) is 11.3 Å². The highest BCUT2D eigenvalue weighted by Gasteiger charge is 2.33. The number of carbonyl (C=O) groups excluding carboxylic acids is 2. The molecule has 0 spiro atoms. The number of carbonyl (C=O) groups is 2. The minimum atomic E-state index is -3.11. The first-order chi connectivity index (χ1) is 15.2. The van der Waals surface area contributed by atoms with E-state index in [2.05, 4.69) is 17.6 Å². The van der Waals surface area contributed by atoms with Gasteiger partial charge in [-0.2, -0.15) is 0 Å². The Morgan fingerprint density at radius 1 is 1.25 bits per heavy atom. The van der Waals surface area contributed by atoms with E-state index in [-0.39, 0.29) is 24.0 Å². The molecule has 1 aromatic heterocycles. The minimum Gasteiger partial charge on any atom is -0.482 e. The SMILES string of the molecule is CC1CCc2c(sc(NC(=O)COc3ccccc3Cl)c2C(=O)NC2CCS(=O)(=O)C2)C1. The molecule has 2 aromatic rings. The van der Waals surface area contributed by atoms with Crippen LogP contribution < -0.4 is 15.4 Å². The highest BCUT2D eigenvalue weighted by Crippen LogP contribution is 2.40. The molecule has 0 bridgehead atoms. The normalized spacial score (nSPS) is 21.6. The van der Waals surface area contributed by atoms with Crippen LogP contribution in [0.25, 0.3) is 0 Å². The molecule has 0 saturated carbocycles. The summed E-state index contributed by atoms with van der Waals surface area (Å²) >= 11 is 7.48. The van der Waals surface area contributed by atoms with Gasteiger partial charge >= 0.3 is 0 Å². The molecule has 7 nitrogen and oxygen atoms in total. The van der Waals surface area contributed by atoms with Gasteiger partial charge < -0.3 is 15.4 Å². The third-order valence-electron chi connectivity index (χ3n) is 5.75. The van der Waals surface area contributed by atoms with Crippen molar-refractivity contribution in [1.29, 1.82) is 0 Å². The Morgan fingerprint density at radius 3 is 2.75 bits per heavy atom. The molecule has 2 amide bonds. The molecule has 1 fully saturated rings. The fourth-order valence-electron chi connectivity index (χ4n) is 4.11. The molecule has 1 saturated heterocycles. The average molecular weight is 497 g/mol. The lowest BCUT2D eigenvalue weighted by atomic mass is 9.88. The second-order valence-corrected chi connectivity index (χ2v) is 12.1. The van der Waals surface area contributed by atoms with Crippen molar-refractivity contribution in [3.05, 3.63) is 45.3 Å². The molecular formula is C22H25ClN2O5S2. The topological polar surface area (TPSA) is 102 Å². The van der Waals surface area contributed by atoms with Gasteiger partial charge in [-0.25, -0.2) is 8.42 Å². The lowest BCUT2D eigenvalue weighted by Crippen LogP contribution is -2.36. The van der Waals surface area contributed by atoms with Crippen molar-refractivity contribution in [2.45, 2.75) is 38.6 Å². The highest BCUT2D eigenvalue weighted by atomic mass is 35.5. The van der Waals surface area contributed by atoms with Crippen LogP contribution in [0.3, 0.4) is 0 Å². The summed E-state index contributed by atoms with van der Waals surface area (Å²) in [5, 5.41) is 6.58. The first kappa shape index (κ1) is 23.1. The van der Waals surface area contributed by atoms with Gasteiger partial charge in [-0.1, -0.05) is 30.7 Å². The van der Waals surface area contributed by atoms with Crippen LogP contribution in [0.2, 0.25) is 5.02 Å². The van der Waals surface area contributed by atoms with E-state index in [9.17, 15) is 18.0 Å². The van der Waals surface area contributed by atoms with Gasteiger partial charge in [0.2, 0.25) is 0 Å². The number of rotatable bonds is 6. The fourth-order valence-corrected chi connectivity index (χ4v) is 7.40. The van der Waals surface area contributed by atoms with E-state index in [1.54, 1.807) is 24.3 Å². The van der Waals surface area contributed by atoms with Crippen molar-refractivity contribution in [2.24, 2.45) is 5.92 Å². The molecule has 2 N–H and O–H groups in total. The maximum absolute atomic E-state index is 13.2. The summed E-state index contributed by atoms with van der Waals surface area (Å²) in [6.45, 7) is 1.92. The number of hydrogen-bond donors (Lipinski definition) is 2. The molecule has 4 rings (SSSR count). The Hall–Kier alpha value is -2.10. The number of benzene rings is 1. The standard InChI is InChI=1S/C22H25ClN2O5S2/c1-13-6-7-15-18(10-13)31-22(20(15)21(27)24-14-8-9-32(28,29)12-14)25-19(26)11-30-17-5-3-2-4-16(17)23/h2-5,13-14H,6-12H2,1H3,(H,24,27)(H,25,26). The van der Waals surface area contributed by atoms with E-state index in [1.807, 2.05) is 0 Å². The number of nitrogens with one attached hydrogen (secondary N) is 2. The maximum atomic E-state index is 13.2. The fraction of sp³-hybridized carbons (Fsp3) is 0.455. The van der Waals surface area contributed by atoms with Gasteiger partial charge in [-0.05, 0) is 49.3 Å². The van der Waals surface area contributed by atoms with Crippen LogP contribution in [-0.4, -0.2) is 44.4 Å². The summed E-state index contributed by atoms with van der Waals surface area (Å²) in [6.07, 6.45) is 2.98. The maximum Gasteiger partial charge on any atom is 0.262 e. The van der Waals surface area contributed by atoms with Crippen LogP contribution >= 0.6 is 22.9 Å². The summed E-state index contributed by atoms with van der Waals surface area (Å²) in [7, 11) is -3.11. The molecule has 10 heteroatoms. The van der Waals surface area contributed by atoms with Crippen molar-refractivity contribution in [1.82, 2.24) is 5.32 Å². The third kappa shape index (κ3) is 5.27. The summed E-state index contributed by atoms with van der Waals surface area (Å²) in [4.78, 5) is 26.8. The minimum absolute atomic E-state index is 0.0462. The van der Waals surface area contributed by atoms with Crippen LogP contribution in [0, 0.1) is 5.92 Å². The van der Waals surface area contributed by atoms with E-state index in [0.717, 1.165) is 29.7 Å². The number of thiophene rings is 1. The van der Waals surface area contributed by atoms with Crippen LogP contribution in [0.1, 0.15) is 40.6 Å². The Labute approximate surface area is 196 Å². The van der Waals surface area contributed by atoms with Crippen LogP contribution in [0.5, 0.6) is 5.75 Å². The van der Waals surface area contributed by atoms with E-state index in [0.29, 0.717) is 33.7 Å². The van der Waals surface area contributed by atoms with Gasteiger partial charge in [0, 0.05) is 10.9 Å². The van der Waals surface area contributed by atoms with E-state index < -0.39 is 21.8 Å². The second kappa shape index (κ2) is 9.41. The van der Waals surface area contributed by atoms with Crippen molar-refractivity contribution >= 4 is 49.6 Å². The lowest BCUT2D eigenvalue weighted by Gasteiger charge is -2.19. The van der Waals surface area contributed by atoms with Crippen LogP contribution in [0.4, 0.5) is 5.00 Å². The van der Waals surface area contributed by atoms with Gasteiger partial charge in [0.05, 0.1) is 22.1 Å². The van der Waals surface area contributed by atoms with Gasteiger partial charge in [0.15, 0.2) is 16.4 Å². The molecule has 172 valence electrons. The molecule has 2 unspecified atom stereocenters. The zero-order chi connectivity index (χ0) is 22.9. The largest absolute Gasteiger partial charge is 0.482 e. The average Bonchev–Trinajstić information content (AvgIpc) is 3.25. The molecule has 1 aliphatic heterocycles. The van der Waals surface area contributed by atoms with E-state index >= 15 is 0 Å². The summed E-state index contributed by atoms with van der Waals surface area (Å²) in [6, 6.07) is 6.48. The first-order valence-corrected chi connectivity index (χ1v) is 13.6. The van der Waals surface area contributed by atoms with Crippen molar-refractivity contribution in [3.63, 3.8) is 0 Å². The Morgan fingerprint density at radius 2 is 2.03 bits per heavy atom. The Kier molecular flexibility index (Phi) is 6.78. The molecule has 32 heavy (non-hydrogen) atoms. The summed E-state index contributed by atoms with van der Waals surface area (Å²) in [5.74, 6) is 0.221. The number of fused-ring (bicyclic) bond motifs is 1. The number of ether oxygens (including phenoxy) is 1. The zero-order valence-electron chi connectivity index (χ0n) is 17.6. The number of halogens is 1. The van der Waals surface area contributed by atoms with Crippen LogP contribution in [-0.2, 0) is 27.5 Å². The third-order valence-corrected chi connectivity index (χ3v) is 9.00. The molecular weight excluding hydrogens is 472 g/mol. The van der Waals surface area contributed by atoms with Gasteiger partial charge in [0.1, 0.15) is 10.8 Å². The van der Waals surface area contributed by atoms with Crippen molar-refractivity contribution < 1.29 is 22.7 Å². The molecule has 2 atom stereocenters. The predicted octanol–water partition coefficient (Wildman–Crippen LogP) is 3.46. The summed E-state index contributed by atoms with van der Waals surface area (Å²) in [5.41, 5.74) is 1.40. The Balaban J connectivity index is 1.51. The molecule has 1 aromatic carbocycles. The van der Waals surface area contributed by atoms with Crippen molar-refractivity contribution in [2.75, 3.05) is 23.4 Å². The zero-order valence-corrected chi connectivity index (χ0v) is 20.0. The first-order valence-electron chi connectivity index (χ1n) is 10.5. The van der Waals surface area contributed by atoms with E-state index in [4.69, 9.17) is 16.3 Å². The smallest absolute Gasteiger partial charge is 0.262 e. The number of sulfone groups is 1. The molecule has 2 aliphatic rings. The summed E-state index contributed by atoms with van der Waals surface area (Å²) < 4.78 is 29.1. The number of para-hydroxylation sites is 1. The quantitative estimate of drug-likeness (QED) is 0.637. The van der Waals surface area contributed by atoms with Crippen LogP contribution in [0.15, 0.2) is 24.3 Å². The monoisotopic (exact) mass is 496 g/mol.